The van der Waals surface area contributed by atoms with Crippen LogP contribution in [0.15, 0.2) is 30.3 Å². The monoisotopic (exact) mass is 275 g/mol. The van der Waals surface area contributed by atoms with Crippen molar-refractivity contribution in [1.82, 2.24) is 4.90 Å². The van der Waals surface area contributed by atoms with E-state index < -0.39 is 0 Å². The van der Waals surface area contributed by atoms with Gasteiger partial charge in [-0.1, -0.05) is 30.3 Å². The summed E-state index contributed by atoms with van der Waals surface area (Å²) in [6, 6.07) is 10.1. The van der Waals surface area contributed by atoms with Crippen LogP contribution in [0.2, 0.25) is 0 Å². The number of amides is 1. The quantitative estimate of drug-likeness (QED) is 0.918. The molecule has 0 bridgehead atoms. The average molecular weight is 275 g/mol. The Labute approximate surface area is 121 Å². The van der Waals surface area contributed by atoms with Gasteiger partial charge in [0.05, 0.1) is 12.0 Å². The summed E-state index contributed by atoms with van der Waals surface area (Å²) in [5, 5.41) is 9.62. The van der Waals surface area contributed by atoms with Gasteiger partial charge in [-0.15, -0.1) is 0 Å². The van der Waals surface area contributed by atoms with Crippen LogP contribution in [0, 0.1) is 0 Å². The van der Waals surface area contributed by atoms with Crippen LogP contribution in [-0.4, -0.2) is 34.6 Å². The van der Waals surface area contributed by atoms with Gasteiger partial charge >= 0.3 is 0 Å². The first-order valence-electron chi connectivity index (χ1n) is 7.63. The van der Waals surface area contributed by atoms with Crippen molar-refractivity contribution in [3.63, 3.8) is 0 Å². The lowest BCUT2D eigenvalue weighted by Gasteiger charge is -2.38. The van der Waals surface area contributed by atoms with E-state index in [4.69, 9.17) is 0 Å². The third kappa shape index (κ3) is 3.60. The number of piperidine rings is 1. The van der Waals surface area contributed by atoms with Crippen LogP contribution in [-0.2, 0) is 4.79 Å². The van der Waals surface area contributed by atoms with Crippen molar-refractivity contribution < 1.29 is 9.90 Å². The lowest BCUT2D eigenvalue weighted by molar-refractivity contribution is -0.136. The number of nitrogens with zero attached hydrogens (tertiary/aromatic N) is 1. The number of rotatable bonds is 4. The zero-order valence-corrected chi connectivity index (χ0v) is 12.5. The molecule has 1 aromatic rings. The van der Waals surface area contributed by atoms with Crippen molar-refractivity contribution in [3.05, 3.63) is 35.9 Å². The Balaban J connectivity index is 2.09. The molecule has 20 heavy (non-hydrogen) atoms. The van der Waals surface area contributed by atoms with Gasteiger partial charge in [0.25, 0.3) is 0 Å². The molecule has 1 amide bonds. The summed E-state index contributed by atoms with van der Waals surface area (Å²) in [4.78, 5) is 14.7. The number of carbonyl (C=O) groups is 1. The Morgan fingerprint density at radius 1 is 1.30 bits per heavy atom. The maximum Gasteiger partial charge on any atom is 0.230 e. The predicted molar refractivity (Wildman–Crippen MR) is 80.5 cm³/mol. The molecule has 0 radical (unpaired) electrons. The van der Waals surface area contributed by atoms with Crippen LogP contribution in [0.4, 0.5) is 0 Å². The molecule has 1 heterocycles. The fourth-order valence-electron chi connectivity index (χ4n) is 3.06. The molecule has 110 valence electrons. The highest BCUT2D eigenvalue weighted by molar-refractivity contribution is 5.83. The molecular formula is C17H25NO2. The normalized spacial score (nSPS) is 22.4. The van der Waals surface area contributed by atoms with Gasteiger partial charge in [0.2, 0.25) is 5.91 Å². The van der Waals surface area contributed by atoms with Crippen molar-refractivity contribution in [2.24, 2.45) is 0 Å². The van der Waals surface area contributed by atoms with Gasteiger partial charge in [-0.25, -0.2) is 0 Å². The molecule has 1 aliphatic heterocycles. The van der Waals surface area contributed by atoms with Gasteiger partial charge in [0, 0.05) is 12.6 Å². The second kappa shape index (κ2) is 6.89. The molecule has 0 spiro atoms. The SMILES string of the molecule is CC(O)CC1CCCCN1C(=O)C(C)c1ccccc1. The van der Waals surface area contributed by atoms with Gasteiger partial charge in [-0.3, -0.25) is 4.79 Å². The zero-order chi connectivity index (χ0) is 14.5. The van der Waals surface area contributed by atoms with Crippen LogP contribution in [0.5, 0.6) is 0 Å². The molecule has 3 nitrogen and oxygen atoms in total. The fraction of sp³-hybridized carbons (Fsp3) is 0.588. The number of aliphatic hydroxyl groups is 1. The van der Waals surface area contributed by atoms with E-state index in [1.807, 2.05) is 42.2 Å². The highest BCUT2D eigenvalue weighted by Crippen LogP contribution is 2.26. The van der Waals surface area contributed by atoms with Crippen molar-refractivity contribution >= 4 is 5.91 Å². The standard InChI is InChI=1S/C17H25NO2/c1-13(19)12-16-10-6-7-11-18(16)17(20)14(2)15-8-4-3-5-9-15/h3-5,8-9,13-14,16,19H,6-7,10-12H2,1-2H3. The first-order chi connectivity index (χ1) is 9.59. The van der Waals surface area contributed by atoms with E-state index in [0.29, 0.717) is 6.42 Å². The summed E-state index contributed by atoms with van der Waals surface area (Å²) in [7, 11) is 0. The highest BCUT2D eigenvalue weighted by atomic mass is 16.3. The van der Waals surface area contributed by atoms with Crippen molar-refractivity contribution in [1.29, 1.82) is 0 Å². The van der Waals surface area contributed by atoms with Gasteiger partial charge in [-0.05, 0) is 45.1 Å². The van der Waals surface area contributed by atoms with Crippen LogP contribution >= 0.6 is 0 Å². The molecule has 1 aromatic carbocycles. The van der Waals surface area contributed by atoms with Gasteiger partial charge in [0.1, 0.15) is 0 Å². The molecule has 1 saturated heterocycles. The predicted octanol–water partition coefficient (Wildman–Crippen LogP) is 2.94. The largest absolute Gasteiger partial charge is 0.393 e. The van der Waals surface area contributed by atoms with E-state index in [-0.39, 0.29) is 24.0 Å². The summed E-state index contributed by atoms with van der Waals surface area (Å²) >= 11 is 0. The molecule has 1 aliphatic rings. The molecule has 1 fully saturated rings. The van der Waals surface area contributed by atoms with E-state index in [1.165, 1.54) is 0 Å². The van der Waals surface area contributed by atoms with Crippen molar-refractivity contribution in [2.75, 3.05) is 6.54 Å². The summed E-state index contributed by atoms with van der Waals surface area (Å²) in [5.74, 6) is 0.0901. The number of benzene rings is 1. The van der Waals surface area contributed by atoms with E-state index in [9.17, 15) is 9.90 Å². The second-order valence-electron chi connectivity index (χ2n) is 5.90. The summed E-state index contributed by atoms with van der Waals surface area (Å²) in [6.07, 6.45) is 3.58. The Morgan fingerprint density at radius 3 is 2.65 bits per heavy atom. The van der Waals surface area contributed by atoms with Crippen LogP contribution < -0.4 is 0 Å². The molecule has 0 aliphatic carbocycles. The third-order valence-corrected chi connectivity index (χ3v) is 4.19. The number of hydrogen-bond donors (Lipinski definition) is 1. The molecule has 3 heteroatoms. The zero-order valence-electron chi connectivity index (χ0n) is 12.5. The average Bonchev–Trinajstić information content (AvgIpc) is 2.46. The maximum absolute atomic E-state index is 12.7. The molecule has 0 aromatic heterocycles. The lowest BCUT2D eigenvalue weighted by atomic mass is 9.93. The van der Waals surface area contributed by atoms with Crippen LogP contribution in [0.25, 0.3) is 0 Å². The highest BCUT2D eigenvalue weighted by Gasteiger charge is 2.30. The van der Waals surface area contributed by atoms with E-state index >= 15 is 0 Å². The molecule has 2 rings (SSSR count). The second-order valence-corrected chi connectivity index (χ2v) is 5.90. The maximum atomic E-state index is 12.7. The molecule has 1 N–H and O–H groups in total. The van der Waals surface area contributed by atoms with Crippen molar-refractivity contribution in [2.45, 2.75) is 57.6 Å². The van der Waals surface area contributed by atoms with Gasteiger partial charge in [-0.2, -0.15) is 0 Å². The molecule has 0 saturated carbocycles. The van der Waals surface area contributed by atoms with Crippen molar-refractivity contribution in [3.8, 4) is 0 Å². The van der Waals surface area contributed by atoms with Gasteiger partial charge < -0.3 is 10.0 Å². The third-order valence-electron chi connectivity index (χ3n) is 4.19. The summed E-state index contributed by atoms with van der Waals surface area (Å²) in [6.45, 7) is 4.61. The minimum absolute atomic E-state index is 0.106. The smallest absolute Gasteiger partial charge is 0.230 e. The number of carbonyl (C=O) groups excluding carboxylic acids is 1. The molecular weight excluding hydrogens is 250 g/mol. The van der Waals surface area contributed by atoms with E-state index in [1.54, 1.807) is 6.92 Å². The van der Waals surface area contributed by atoms with Gasteiger partial charge in [0.15, 0.2) is 0 Å². The van der Waals surface area contributed by atoms with Crippen LogP contribution in [0.3, 0.4) is 0 Å². The minimum Gasteiger partial charge on any atom is -0.393 e. The first kappa shape index (κ1) is 15.0. The lowest BCUT2D eigenvalue weighted by Crippen LogP contribution is -2.46. The topological polar surface area (TPSA) is 40.5 Å². The Kier molecular flexibility index (Phi) is 5.18. The minimum atomic E-state index is -0.347. The number of likely N-dealkylation sites (tertiary alicyclic amines) is 1. The first-order valence-corrected chi connectivity index (χ1v) is 7.63. The summed E-state index contributed by atoms with van der Waals surface area (Å²) in [5.41, 5.74) is 1.07. The number of hydrogen-bond acceptors (Lipinski definition) is 2. The summed E-state index contributed by atoms with van der Waals surface area (Å²) < 4.78 is 0. The molecule has 3 atom stereocenters. The van der Waals surface area contributed by atoms with E-state index in [2.05, 4.69) is 0 Å². The Morgan fingerprint density at radius 2 is 2.00 bits per heavy atom. The Bertz CT molecular complexity index is 430. The fourth-order valence-corrected chi connectivity index (χ4v) is 3.06. The van der Waals surface area contributed by atoms with Crippen LogP contribution in [0.1, 0.15) is 51.0 Å². The van der Waals surface area contributed by atoms with E-state index in [0.717, 1.165) is 31.4 Å². The molecule has 3 unspecified atom stereocenters. The Hall–Kier alpha value is -1.35. The number of aliphatic hydroxyl groups excluding tert-OH is 1.